The van der Waals surface area contributed by atoms with E-state index >= 15 is 0 Å². The number of nitrogens with two attached hydrogens (primary N) is 1. The number of amides is 1. The minimum atomic E-state index is -0.565. The molecular weight excluding hydrogens is 216 g/mol. The van der Waals surface area contributed by atoms with E-state index in [1.54, 1.807) is 6.92 Å². The highest BCUT2D eigenvalue weighted by molar-refractivity contribution is 5.82. The number of carbonyl (C=O) groups is 1. The lowest BCUT2D eigenvalue weighted by molar-refractivity contribution is -0.123. The summed E-state index contributed by atoms with van der Waals surface area (Å²) >= 11 is 0. The zero-order valence-corrected chi connectivity index (χ0v) is 10.3. The van der Waals surface area contributed by atoms with Crippen LogP contribution >= 0.6 is 0 Å². The first-order valence-electron chi connectivity index (χ1n) is 6.81. The van der Waals surface area contributed by atoms with Gasteiger partial charge in [-0.15, -0.1) is 0 Å². The minimum Gasteiger partial charge on any atom is -0.392 e. The first-order chi connectivity index (χ1) is 8.09. The second kappa shape index (κ2) is 3.95. The predicted octanol–water partition coefficient (Wildman–Crippen LogP) is 0.103. The number of nitrogens with one attached hydrogen (secondary N) is 1. The van der Waals surface area contributed by atoms with Crippen molar-refractivity contribution in [2.45, 2.75) is 38.3 Å². The van der Waals surface area contributed by atoms with Crippen LogP contribution in [0, 0.1) is 29.6 Å². The van der Waals surface area contributed by atoms with E-state index in [4.69, 9.17) is 5.73 Å². The van der Waals surface area contributed by atoms with Crippen molar-refractivity contribution < 1.29 is 9.90 Å². The molecule has 3 saturated carbocycles. The van der Waals surface area contributed by atoms with Crippen molar-refractivity contribution in [1.82, 2.24) is 5.32 Å². The van der Waals surface area contributed by atoms with Gasteiger partial charge in [-0.1, -0.05) is 0 Å². The standard InChI is InChI=1S/C13H22N2O2/c1-6(16)9(14)5-15-13(17)12-10-7-2-3-8(4-7)11(10)12/h6-12,16H,2-5,14H2,1H3,(H,15,17). The van der Waals surface area contributed by atoms with Gasteiger partial charge in [0.25, 0.3) is 0 Å². The van der Waals surface area contributed by atoms with Crippen LogP contribution in [-0.4, -0.2) is 29.7 Å². The zero-order chi connectivity index (χ0) is 12.2. The molecule has 0 aliphatic heterocycles. The van der Waals surface area contributed by atoms with Gasteiger partial charge in [-0.3, -0.25) is 4.79 Å². The molecule has 0 aromatic rings. The fourth-order valence-corrected chi connectivity index (χ4v) is 4.18. The summed E-state index contributed by atoms with van der Waals surface area (Å²) in [5, 5.41) is 12.2. The molecule has 0 saturated heterocycles. The Kier molecular flexibility index (Phi) is 2.67. The molecule has 2 bridgehead atoms. The largest absolute Gasteiger partial charge is 0.392 e. The summed E-state index contributed by atoms with van der Waals surface area (Å²) in [7, 11) is 0. The Morgan fingerprint density at radius 1 is 1.41 bits per heavy atom. The van der Waals surface area contributed by atoms with E-state index in [2.05, 4.69) is 5.32 Å². The van der Waals surface area contributed by atoms with Gasteiger partial charge in [0.1, 0.15) is 0 Å². The molecule has 96 valence electrons. The predicted molar refractivity (Wildman–Crippen MR) is 64.0 cm³/mol. The minimum absolute atomic E-state index is 0.174. The van der Waals surface area contributed by atoms with Crippen molar-refractivity contribution in [1.29, 1.82) is 0 Å². The summed E-state index contributed by atoms with van der Waals surface area (Å²) in [5.74, 6) is 3.44. The van der Waals surface area contributed by atoms with Gasteiger partial charge in [-0.25, -0.2) is 0 Å². The van der Waals surface area contributed by atoms with Crippen molar-refractivity contribution in [3.63, 3.8) is 0 Å². The van der Waals surface area contributed by atoms with Crippen LogP contribution in [0.15, 0.2) is 0 Å². The summed E-state index contributed by atoms with van der Waals surface area (Å²) in [6.45, 7) is 2.05. The Morgan fingerprint density at radius 3 is 2.53 bits per heavy atom. The molecule has 0 radical (unpaired) electrons. The molecule has 0 heterocycles. The second-order valence-electron chi connectivity index (χ2n) is 6.16. The van der Waals surface area contributed by atoms with Crippen molar-refractivity contribution >= 4 is 5.91 Å². The number of hydrogen-bond acceptors (Lipinski definition) is 3. The number of aliphatic hydroxyl groups excluding tert-OH is 1. The lowest BCUT2D eigenvalue weighted by Gasteiger charge is -2.16. The van der Waals surface area contributed by atoms with Gasteiger partial charge in [0.05, 0.1) is 6.10 Å². The first kappa shape index (κ1) is 11.5. The van der Waals surface area contributed by atoms with Gasteiger partial charge in [0, 0.05) is 18.5 Å². The topological polar surface area (TPSA) is 75.3 Å². The maximum absolute atomic E-state index is 12.0. The maximum atomic E-state index is 12.0. The van der Waals surface area contributed by atoms with Gasteiger partial charge in [-0.05, 0) is 49.9 Å². The molecule has 4 heteroatoms. The Balaban J connectivity index is 1.49. The number of rotatable bonds is 4. The molecule has 0 aromatic carbocycles. The average Bonchev–Trinajstić information content (AvgIpc) is 2.74. The molecule has 3 aliphatic carbocycles. The highest BCUT2D eigenvalue weighted by Crippen LogP contribution is 2.69. The molecule has 4 N–H and O–H groups in total. The van der Waals surface area contributed by atoms with Crippen molar-refractivity contribution in [2.24, 2.45) is 35.3 Å². The van der Waals surface area contributed by atoms with Crippen molar-refractivity contribution in [3.8, 4) is 0 Å². The molecular formula is C13H22N2O2. The quantitative estimate of drug-likeness (QED) is 0.650. The van der Waals surface area contributed by atoms with Crippen molar-refractivity contribution in [2.75, 3.05) is 6.54 Å². The van der Waals surface area contributed by atoms with Gasteiger partial charge in [-0.2, -0.15) is 0 Å². The van der Waals surface area contributed by atoms with Crippen LogP contribution in [-0.2, 0) is 4.79 Å². The Morgan fingerprint density at radius 2 is 2.00 bits per heavy atom. The number of carbonyl (C=O) groups excluding carboxylic acids is 1. The smallest absolute Gasteiger partial charge is 0.223 e. The summed E-state index contributed by atoms with van der Waals surface area (Å²) in [6, 6.07) is -0.353. The Bertz CT molecular complexity index is 315. The second-order valence-corrected chi connectivity index (χ2v) is 6.16. The van der Waals surface area contributed by atoms with E-state index in [0.717, 1.165) is 11.8 Å². The third-order valence-electron chi connectivity index (χ3n) is 5.17. The van der Waals surface area contributed by atoms with Crippen LogP contribution in [0.5, 0.6) is 0 Å². The SMILES string of the molecule is CC(O)C(N)CNC(=O)C1C2C3CCC(C3)C12. The molecule has 17 heavy (non-hydrogen) atoms. The van der Waals surface area contributed by atoms with E-state index in [0.29, 0.717) is 18.4 Å². The fourth-order valence-electron chi connectivity index (χ4n) is 4.18. The van der Waals surface area contributed by atoms with E-state index in [1.807, 2.05) is 0 Å². The fraction of sp³-hybridized carbons (Fsp3) is 0.923. The number of aliphatic hydroxyl groups is 1. The summed E-state index contributed by atoms with van der Waals surface area (Å²) in [4.78, 5) is 12.0. The lowest BCUT2D eigenvalue weighted by atomic mass is 10.0. The molecule has 0 aromatic heterocycles. The zero-order valence-electron chi connectivity index (χ0n) is 10.3. The molecule has 3 aliphatic rings. The highest BCUT2D eigenvalue weighted by atomic mass is 16.3. The number of hydrogen-bond donors (Lipinski definition) is 3. The molecule has 3 fully saturated rings. The highest BCUT2D eigenvalue weighted by Gasteiger charge is 2.67. The van der Waals surface area contributed by atoms with Crippen LogP contribution in [0.2, 0.25) is 0 Å². The molecule has 4 nitrogen and oxygen atoms in total. The Labute approximate surface area is 102 Å². The summed E-state index contributed by atoms with van der Waals surface area (Å²) in [6.07, 6.45) is 3.47. The molecule has 3 rings (SSSR count). The molecule has 1 amide bonds. The van der Waals surface area contributed by atoms with Crippen LogP contribution in [0.4, 0.5) is 0 Å². The molecule has 6 unspecified atom stereocenters. The van der Waals surface area contributed by atoms with Crippen molar-refractivity contribution in [3.05, 3.63) is 0 Å². The van der Waals surface area contributed by atoms with Crippen LogP contribution in [0.1, 0.15) is 26.2 Å². The van der Waals surface area contributed by atoms with Gasteiger partial charge in [0.2, 0.25) is 5.91 Å². The average molecular weight is 238 g/mol. The Hall–Kier alpha value is -0.610. The monoisotopic (exact) mass is 238 g/mol. The molecule has 6 atom stereocenters. The maximum Gasteiger partial charge on any atom is 0.223 e. The molecule has 0 spiro atoms. The number of fused-ring (bicyclic) bond motifs is 5. The van der Waals surface area contributed by atoms with E-state index < -0.39 is 6.10 Å². The first-order valence-corrected chi connectivity index (χ1v) is 6.81. The van der Waals surface area contributed by atoms with Crippen LogP contribution < -0.4 is 11.1 Å². The third kappa shape index (κ3) is 1.78. The normalized spacial score (nSPS) is 45.2. The van der Waals surface area contributed by atoms with Gasteiger partial charge < -0.3 is 16.2 Å². The summed E-state index contributed by atoms with van der Waals surface area (Å²) in [5.41, 5.74) is 5.70. The van der Waals surface area contributed by atoms with E-state index in [-0.39, 0.29) is 17.9 Å². The van der Waals surface area contributed by atoms with Crippen LogP contribution in [0.3, 0.4) is 0 Å². The third-order valence-corrected chi connectivity index (χ3v) is 5.17. The van der Waals surface area contributed by atoms with Gasteiger partial charge in [0.15, 0.2) is 0 Å². The van der Waals surface area contributed by atoms with E-state index in [9.17, 15) is 9.90 Å². The van der Waals surface area contributed by atoms with Gasteiger partial charge >= 0.3 is 0 Å². The summed E-state index contributed by atoms with van der Waals surface area (Å²) < 4.78 is 0. The van der Waals surface area contributed by atoms with Crippen LogP contribution in [0.25, 0.3) is 0 Å². The lowest BCUT2D eigenvalue weighted by Crippen LogP contribution is -2.44. The van der Waals surface area contributed by atoms with E-state index in [1.165, 1.54) is 19.3 Å².